The van der Waals surface area contributed by atoms with E-state index in [2.05, 4.69) is 53.9 Å². The fourth-order valence-electron chi connectivity index (χ4n) is 2.09. The molecule has 0 aromatic heterocycles. The first-order chi connectivity index (χ1) is 11.8. The Bertz CT molecular complexity index is 594. The van der Waals surface area contributed by atoms with Crippen molar-refractivity contribution < 1.29 is 9.47 Å². The average molecular weight is 361 g/mol. The van der Waals surface area contributed by atoms with Gasteiger partial charge in [-0.05, 0) is 43.5 Å². The van der Waals surface area contributed by atoms with Gasteiger partial charge in [0.05, 0.1) is 0 Å². The molecule has 4 heteroatoms. The van der Waals surface area contributed by atoms with E-state index in [4.69, 9.17) is 9.47 Å². The molecule has 0 aliphatic rings. The van der Waals surface area contributed by atoms with Crippen LogP contribution in [-0.2, 0) is 9.47 Å². The molecule has 0 unspecified atom stereocenters. The SMILES string of the molecule is CCOC(C/C(=C/Sc1ccccc1)Sc1ccccc1)OCC. The van der Waals surface area contributed by atoms with Crippen LogP contribution in [0.25, 0.3) is 0 Å². The lowest BCUT2D eigenvalue weighted by atomic mass is 10.4. The van der Waals surface area contributed by atoms with E-state index < -0.39 is 0 Å². The third kappa shape index (κ3) is 7.14. The molecule has 0 heterocycles. The molecule has 0 radical (unpaired) electrons. The van der Waals surface area contributed by atoms with Crippen molar-refractivity contribution in [1.29, 1.82) is 0 Å². The molecular weight excluding hydrogens is 336 g/mol. The molecule has 0 saturated heterocycles. The molecule has 0 fully saturated rings. The Morgan fingerprint density at radius 3 is 1.96 bits per heavy atom. The summed E-state index contributed by atoms with van der Waals surface area (Å²) in [6, 6.07) is 20.8. The normalized spacial score (nSPS) is 11.9. The van der Waals surface area contributed by atoms with E-state index >= 15 is 0 Å². The topological polar surface area (TPSA) is 18.5 Å². The maximum Gasteiger partial charge on any atom is 0.162 e. The van der Waals surface area contributed by atoms with Crippen molar-refractivity contribution in [2.24, 2.45) is 0 Å². The van der Waals surface area contributed by atoms with Crippen molar-refractivity contribution in [1.82, 2.24) is 0 Å². The molecule has 0 atom stereocenters. The second-order valence-corrected chi connectivity index (χ2v) is 7.12. The summed E-state index contributed by atoms with van der Waals surface area (Å²) in [5, 5.41) is 2.21. The number of thioether (sulfide) groups is 2. The summed E-state index contributed by atoms with van der Waals surface area (Å²) >= 11 is 3.50. The van der Waals surface area contributed by atoms with Gasteiger partial charge in [-0.25, -0.2) is 0 Å². The van der Waals surface area contributed by atoms with Crippen LogP contribution in [0.3, 0.4) is 0 Å². The van der Waals surface area contributed by atoms with E-state index in [1.165, 1.54) is 14.7 Å². The van der Waals surface area contributed by atoms with Crippen LogP contribution < -0.4 is 0 Å². The second-order valence-electron chi connectivity index (χ2n) is 4.97. The van der Waals surface area contributed by atoms with E-state index in [9.17, 15) is 0 Å². The Morgan fingerprint density at radius 2 is 1.42 bits per heavy atom. The maximum absolute atomic E-state index is 5.72. The lowest BCUT2D eigenvalue weighted by Crippen LogP contribution is -2.17. The maximum atomic E-state index is 5.72. The van der Waals surface area contributed by atoms with E-state index in [1.54, 1.807) is 23.5 Å². The van der Waals surface area contributed by atoms with Gasteiger partial charge < -0.3 is 9.47 Å². The Morgan fingerprint density at radius 1 is 0.875 bits per heavy atom. The van der Waals surface area contributed by atoms with Gasteiger partial charge in [-0.2, -0.15) is 0 Å². The lowest BCUT2D eigenvalue weighted by molar-refractivity contribution is -0.133. The first kappa shape index (κ1) is 19.1. The lowest BCUT2D eigenvalue weighted by Gasteiger charge is -2.18. The van der Waals surface area contributed by atoms with Crippen LogP contribution in [0.2, 0.25) is 0 Å². The predicted molar refractivity (Wildman–Crippen MR) is 104 cm³/mol. The van der Waals surface area contributed by atoms with Gasteiger partial charge in [-0.1, -0.05) is 59.9 Å². The number of ether oxygens (including phenoxy) is 2. The Balaban J connectivity index is 2.10. The summed E-state index contributed by atoms with van der Waals surface area (Å²) in [7, 11) is 0. The van der Waals surface area contributed by atoms with Crippen molar-refractivity contribution >= 4 is 23.5 Å². The van der Waals surface area contributed by atoms with E-state index in [-0.39, 0.29) is 6.29 Å². The largest absolute Gasteiger partial charge is 0.353 e. The van der Waals surface area contributed by atoms with Gasteiger partial charge in [0.15, 0.2) is 6.29 Å². The van der Waals surface area contributed by atoms with Crippen LogP contribution in [-0.4, -0.2) is 19.5 Å². The summed E-state index contributed by atoms with van der Waals surface area (Å²) < 4.78 is 11.4. The zero-order chi connectivity index (χ0) is 17.0. The monoisotopic (exact) mass is 360 g/mol. The van der Waals surface area contributed by atoms with Gasteiger partial charge in [0.25, 0.3) is 0 Å². The Labute approximate surface area is 153 Å². The molecule has 2 nitrogen and oxygen atoms in total. The summed E-state index contributed by atoms with van der Waals surface area (Å²) in [5.41, 5.74) is 0. The number of hydrogen-bond donors (Lipinski definition) is 0. The van der Waals surface area contributed by atoms with Gasteiger partial charge in [0.2, 0.25) is 0 Å². The first-order valence-corrected chi connectivity index (χ1v) is 9.88. The first-order valence-electron chi connectivity index (χ1n) is 8.18. The minimum absolute atomic E-state index is 0.196. The quantitative estimate of drug-likeness (QED) is 0.371. The molecule has 24 heavy (non-hydrogen) atoms. The van der Waals surface area contributed by atoms with Crippen LogP contribution in [0.1, 0.15) is 20.3 Å². The minimum atomic E-state index is -0.196. The highest BCUT2D eigenvalue weighted by Crippen LogP contribution is 2.34. The zero-order valence-electron chi connectivity index (χ0n) is 14.2. The molecular formula is C20H24O2S2. The molecule has 0 aliphatic carbocycles. The average Bonchev–Trinajstić information content (AvgIpc) is 2.62. The highest BCUT2D eigenvalue weighted by molar-refractivity contribution is 8.06. The smallest absolute Gasteiger partial charge is 0.162 e. The predicted octanol–water partition coefficient (Wildman–Crippen LogP) is 6.20. The summed E-state index contributed by atoms with van der Waals surface area (Å²) in [4.78, 5) is 3.69. The van der Waals surface area contributed by atoms with E-state index in [0.717, 1.165) is 6.42 Å². The summed E-state index contributed by atoms with van der Waals surface area (Å²) in [6.45, 7) is 5.30. The van der Waals surface area contributed by atoms with Crippen LogP contribution in [0.5, 0.6) is 0 Å². The van der Waals surface area contributed by atoms with Gasteiger partial charge in [-0.3, -0.25) is 0 Å². The molecule has 128 valence electrons. The van der Waals surface area contributed by atoms with Crippen molar-refractivity contribution in [2.45, 2.75) is 36.3 Å². The molecule has 0 saturated carbocycles. The van der Waals surface area contributed by atoms with Gasteiger partial charge >= 0.3 is 0 Å². The number of hydrogen-bond acceptors (Lipinski definition) is 4. The van der Waals surface area contributed by atoms with Crippen LogP contribution in [0.4, 0.5) is 0 Å². The standard InChI is InChI=1S/C20H24O2S2/c1-3-21-20(22-4-2)15-19(24-18-13-9-6-10-14-18)16-23-17-11-7-5-8-12-17/h5-14,16,20H,3-4,15H2,1-2H3/b19-16-. The highest BCUT2D eigenvalue weighted by atomic mass is 32.2. The number of benzene rings is 2. The molecule has 0 bridgehead atoms. The minimum Gasteiger partial charge on any atom is -0.353 e. The van der Waals surface area contributed by atoms with Gasteiger partial charge in [0, 0.05) is 34.3 Å². The molecule has 2 rings (SSSR count). The molecule has 0 spiro atoms. The third-order valence-corrected chi connectivity index (χ3v) is 5.29. The van der Waals surface area contributed by atoms with Crippen LogP contribution in [0, 0.1) is 0 Å². The second kappa shape index (κ2) is 11.4. The summed E-state index contributed by atoms with van der Waals surface area (Å²) in [5.74, 6) is 0. The zero-order valence-corrected chi connectivity index (χ0v) is 15.8. The van der Waals surface area contributed by atoms with Crippen molar-refractivity contribution in [3.05, 3.63) is 71.0 Å². The fourth-order valence-corrected chi connectivity index (χ4v) is 3.92. The van der Waals surface area contributed by atoms with Crippen molar-refractivity contribution in [3.8, 4) is 0 Å². The number of rotatable bonds is 10. The van der Waals surface area contributed by atoms with Crippen LogP contribution in [0.15, 0.2) is 80.8 Å². The molecule has 2 aromatic rings. The van der Waals surface area contributed by atoms with E-state index in [0.29, 0.717) is 13.2 Å². The highest BCUT2D eigenvalue weighted by Gasteiger charge is 2.12. The molecule has 0 amide bonds. The van der Waals surface area contributed by atoms with Crippen molar-refractivity contribution in [2.75, 3.05) is 13.2 Å². The van der Waals surface area contributed by atoms with Crippen molar-refractivity contribution in [3.63, 3.8) is 0 Å². The van der Waals surface area contributed by atoms with E-state index in [1.807, 2.05) is 26.0 Å². The molecule has 0 aliphatic heterocycles. The fraction of sp³-hybridized carbons (Fsp3) is 0.300. The van der Waals surface area contributed by atoms with Crippen LogP contribution >= 0.6 is 23.5 Å². The Kier molecular flexibility index (Phi) is 9.06. The third-order valence-electron chi connectivity index (χ3n) is 3.13. The van der Waals surface area contributed by atoms with Gasteiger partial charge in [0.1, 0.15) is 0 Å². The summed E-state index contributed by atoms with van der Waals surface area (Å²) in [6.07, 6.45) is 0.556. The molecule has 2 aromatic carbocycles. The van der Waals surface area contributed by atoms with Gasteiger partial charge in [-0.15, -0.1) is 0 Å². The Hall–Kier alpha value is -1.20. The molecule has 0 N–H and O–H groups in total.